The Morgan fingerprint density at radius 2 is 1.90 bits per heavy atom. The molecule has 0 aliphatic heterocycles. The first-order chi connectivity index (χ1) is 10.1. The molecule has 3 rings (SSSR count). The molecule has 0 saturated heterocycles. The molecular formula is C17H14O4. The van der Waals surface area contributed by atoms with Crippen molar-refractivity contribution in [3.63, 3.8) is 0 Å². The van der Waals surface area contributed by atoms with Crippen molar-refractivity contribution in [1.29, 1.82) is 0 Å². The number of benzene rings is 2. The number of carboxylic acid groups (broad SMARTS) is 1. The average molecular weight is 282 g/mol. The molecule has 2 N–H and O–H groups in total. The zero-order valence-electron chi connectivity index (χ0n) is 11.4. The van der Waals surface area contributed by atoms with Gasteiger partial charge in [0.1, 0.15) is 5.75 Å². The molecule has 1 aliphatic rings. The van der Waals surface area contributed by atoms with Gasteiger partial charge in [-0.15, -0.1) is 0 Å². The minimum Gasteiger partial charge on any atom is -0.497 e. The van der Waals surface area contributed by atoms with Crippen LogP contribution < -0.4 is 4.74 Å². The van der Waals surface area contributed by atoms with Crippen molar-refractivity contribution in [2.24, 2.45) is 0 Å². The molecular weight excluding hydrogens is 268 g/mol. The van der Waals surface area contributed by atoms with Gasteiger partial charge in [0.25, 0.3) is 0 Å². The maximum atomic E-state index is 11.4. The fraction of sp³-hybridized carbons (Fsp3) is 0.118. The minimum absolute atomic E-state index is 0.186. The van der Waals surface area contributed by atoms with E-state index in [9.17, 15) is 15.0 Å². The van der Waals surface area contributed by atoms with Crippen LogP contribution in [0.25, 0.3) is 5.57 Å². The summed E-state index contributed by atoms with van der Waals surface area (Å²) >= 11 is 0. The normalized spacial score (nSPS) is 16.3. The van der Waals surface area contributed by atoms with Crippen LogP contribution in [-0.4, -0.2) is 23.3 Å². The third-order valence-electron chi connectivity index (χ3n) is 3.64. The van der Waals surface area contributed by atoms with E-state index >= 15 is 0 Å². The first kappa shape index (κ1) is 13.4. The number of methoxy groups -OCH3 is 1. The number of carbonyl (C=O) groups is 1. The van der Waals surface area contributed by atoms with Gasteiger partial charge in [0.2, 0.25) is 0 Å². The second kappa shape index (κ2) is 5.07. The topological polar surface area (TPSA) is 66.8 Å². The van der Waals surface area contributed by atoms with Crippen molar-refractivity contribution in [2.45, 2.75) is 6.10 Å². The summed E-state index contributed by atoms with van der Waals surface area (Å²) in [5, 5.41) is 19.5. The van der Waals surface area contributed by atoms with Crippen molar-refractivity contribution < 1.29 is 19.7 Å². The number of aliphatic hydroxyl groups excluding tert-OH is 1. The molecule has 0 amide bonds. The average Bonchev–Trinajstić information content (AvgIpc) is 2.84. The van der Waals surface area contributed by atoms with Crippen LogP contribution in [0.4, 0.5) is 0 Å². The van der Waals surface area contributed by atoms with Gasteiger partial charge in [0, 0.05) is 5.56 Å². The lowest BCUT2D eigenvalue weighted by Gasteiger charge is -2.11. The van der Waals surface area contributed by atoms with E-state index in [0.717, 1.165) is 16.7 Å². The number of hydrogen-bond donors (Lipinski definition) is 2. The molecule has 4 nitrogen and oxygen atoms in total. The smallest absolute Gasteiger partial charge is 0.336 e. The van der Waals surface area contributed by atoms with Gasteiger partial charge in [-0.1, -0.05) is 24.3 Å². The number of aliphatic hydroxyl groups is 1. The van der Waals surface area contributed by atoms with Gasteiger partial charge in [-0.25, -0.2) is 4.79 Å². The summed E-state index contributed by atoms with van der Waals surface area (Å²) in [4.78, 5) is 11.4. The minimum atomic E-state index is -1.01. The zero-order valence-corrected chi connectivity index (χ0v) is 11.4. The van der Waals surface area contributed by atoms with Crippen LogP contribution in [-0.2, 0) is 0 Å². The molecule has 0 fully saturated rings. The highest BCUT2D eigenvalue weighted by Gasteiger charge is 2.25. The summed E-state index contributed by atoms with van der Waals surface area (Å²) in [6, 6.07) is 12.3. The third kappa shape index (κ3) is 2.19. The van der Waals surface area contributed by atoms with Crippen LogP contribution in [0.15, 0.2) is 48.5 Å². The van der Waals surface area contributed by atoms with Crippen molar-refractivity contribution in [3.05, 3.63) is 70.8 Å². The number of ether oxygens (including phenoxy) is 1. The second-order valence-electron chi connectivity index (χ2n) is 4.83. The fourth-order valence-electron chi connectivity index (χ4n) is 2.63. The Labute approximate surface area is 121 Å². The molecule has 2 aromatic carbocycles. The van der Waals surface area contributed by atoms with E-state index in [1.54, 1.807) is 18.2 Å². The molecule has 0 radical (unpaired) electrons. The van der Waals surface area contributed by atoms with Crippen molar-refractivity contribution >= 4 is 11.5 Å². The highest BCUT2D eigenvalue weighted by atomic mass is 16.5. The molecule has 0 spiro atoms. The van der Waals surface area contributed by atoms with Gasteiger partial charge in [-0.05, 0) is 41.0 Å². The highest BCUT2D eigenvalue weighted by Crippen LogP contribution is 2.40. The third-order valence-corrected chi connectivity index (χ3v) is 3.64. The van der Waals surface area contributed by atoms with E-state index < -0.39 is 12.1 Å². The zero-order chi connectivity index (χ0) is 15.0. The molecule has 1 atom stereocenters. The maximum Gasteiger partial charge on any atom is 0.336 e. The van der Waals surface area contributed by atoms with Crippen LogP contribution in [0.1, 0.15) is 33.2 Å². The molecule has 1 unspecified atom stereocenters. The van der Waals surface area contributed by atoms with Crippen LogP contribution >= 0.6 is 0 Å². The monoisotopic (exact) mass is 282 g/mol. The number of fused-ring (bicyclic) bond motifs is 1. The summed E-state index contributed by atoms with van der Waals surface area (Å²) in [5.74, 6) is -0.429. The number of rotatable bonds is 3. The Hall–Kier alpha value is -2.59. The molecule has 0 bridgehead atoms. The Balaban J connectivity index is 2.21. The molecule has 106 valence electrons. The molecule has 2 aromatic rings. The predicted molar refractivity (Wildman–Crippen MR) is 78.4 cm³/mol. The number of carboxylic acids is 1. The summed E-state index contributed by atoms with van der Waals surface area (Å²) in [6.07, 6.45) is 0.954. The van der Waals surface area contributed by atoms with Gasteiger partial charge < -0.3 is 14.9 Å². The number of hydrogen-bond acceptors (Lipinski definition) is 3. The van der Waals surface area contributed by atoms with Gasteiger partial charge >= 0.3 is 5.97 Å². The Kier molecular flexibility index (Phi) is 3.23. The van der Waals surface area contributed by atoms with Crippen LogP contribution in [0.2, 0.25) is 0 Å². The maximum absolute atomic E-state index is 11.4. The van der Waals surface area contributed by atoms with Crippen LogP contribution in [0.5, 0.6) is 5.75 Å². The van der Waals surface area contributed by atoms with Crippen LogP contribution in [0, 0.1) is 0 Å². The largest absolute Gasteiger partial charge is 0.497 e. The number of aromatic carboxylic acids is 1. The van der Waals surface area contributed by atoms with Gasteiger partial charge in [-0.3, -0.25) is 0 Å². The van der Waals surface area contributed by atoms with E-state index in [4.69, 9.17) is 4.74 Å². The quantitative estimate of drug-likeness (QED) is 0.908. The SMILES string of the molecule is COc1ccc(C(=O)O)c(C2=CC(O)c3ccccc32)c1. The van der Waals surface area contributed by atoms with Gasteiger partial charge in [0.05, 0.1) is 18.8 Å². The van der Waals surface area contributed by atoms with E-state index in [-0.39, 0.29) is 5.56 Å². The van der Waals surface area contributed by atoms with E-state index in [1.165, 1.54) is 13.2 Å². The standard InChI is InChI=1S/C17H14O4/c1-21-10-6-7-13(17(19)20)14(8-10)15-9-16(18)12-5-3-2-4-11(12)15/h2-9,16,18H,1H3,(H,19,20). The summed E-state index contributed by atoms with van der Waals surface area (Å²) in [7, 11) is 1.53. The highest BCUT2D eigenvalue weighted by molar-refractivity contribution is 5.98. The molecule has 0 saturated carbocycles. The lowest BCUT2D eigenvalue weighted by Crippen LogP contribution is -2.02. The Bertz CT molecular complexity index is 746. The molecule has 4 heteroatoms. The Morgan fingerprint density at radius 3 is 2.62 bits per heavy atom. The van der Waals surface area contributed by atoms with Crippen molar-refractivity contribution in [1.82, 2.24) is 0 Å². The van der Waals surface area contributed by atoms with E-state index in [0.29, 0.717) is 11.3 Å². The lowest BCUT2D eigenvalue weighted by atomic mass is 9.95. The lowest BCUT2D eigenvalue weighted by molar-refractivity contribution is 0.0696. The predicted octanol–water partition coefficient (Wildman–Crippen LogP) is 2.87. The first-order valence-electron chi connectivity index (χ1n) is 6.52. The van der Waals surface area contributed by atoms with Crippen molar-refractivity contribution in [3.8, 4) is 5.75 Å². The van der Waals surface area contributed by atoms with E-state index in [2.05, 4.69) is 0 Å². The molecule has 21 heavy (non-hydrogen) atoms. The first-order valence-corrected chi connectivity index (χ1v) is 6.52. The van der Waals surface area contributed by atoms with Crippen LogP contribution in [0.3, 0.4) is 0 Å². The summed E-state index contributed by atoms with van der Waals surface area (Å²) in [5.41, 5.74) is 3.08. The van der Waals surface area contributed by atoms with E-state index in [1.807, 2.05) is 24.3 Å². The molecule has 0 aromatic heterocycles. The molecule has 1 aliphatic carbocycles. The summed E-state index contributed by atoms with van der Waals surface area (Å²) in [6.45, 7) is 0. The van der Waals surface area contributed by atoms with Gasteiger partial charge in [0.15, 0.2) is 0 Å². The second-order valence-corrected chi connectivity index (χ2v) is 4.83. The Morgan fingerprint density at radius 1 is 1.14 bits per heavy atom. The fourth-order valence-corrected chi connectivity index (χ4v) is 2.63. The molecule has 0 heterocycles. The van der Waals surface area contributed by atoms with Crippen molar-refractivity contribution in [2.75, 3.05) is 7.11 Å². The summed E-state index contributed by atoms with van der Waals surface area (Å²) < 4.78 is 5.18. The van der Waals surface area contributed by atoms with Gasteiger partial charge in [-0.2, -0.15) is 0 Å².